The number of aromatic nitrogens is 1. The zero-order valence-corrected chi connectivity index (χ0v) is 19.1. The Morgan fingerprint density at radius 1 is 1.12 bits per heavy atom. The van der Waals surface area contributed by atoms with Gasteiger partial charge < -0.3 is 4.42 Å². The van der Waals surface area contributed by atoms with Gasteiger partial charge in [0.1, 0.15) is 18.7 Å². The zero-order valence-electron chi connectivity index (χ0n) is 29.1. The molecule has 0 unspecified atom stereocenters. The first-order valence-electron chi connectivity index (χ1n) is 16.3. The van der Waals surface area contributed by atoms with Crippen molar-refractivity contribution in [3.05, 3.63) is 64.3 Å². The summed E-state index contributed by atoms with van der Waals surface area (Å²) in [5, 5.41) is 11.5. The van der Waals surface area contributed by atoms with Crippen molar-refractivity contribution in [3.8, 4) is 17.3 Å². The smallest absolute Gasteiger partial charge is 0.216 e. The molecule has 168 valence electrons. The third-order valence-electron chi connectivity index (χ3n) is 6.84. The van der Waals surface area contributed by atoms with Gasteiger partial charge in [-0.3, -0.25) is 0 Å². The van der Waals surface area contributed by atoms with Gasteiger partial charge in [0.15, 0.2) is 11.3 Å². The van der Waals surface area contributed by atoms with Crippen molar-refractivity contribution in [3.63, 3.8) is 0 Å². The van der Waals surface area contributed by atoms with Crippen molar-refractivity contribution >= 4 is 21.9 Å². The monoisotopic (exact) mass is 447 g/mol. The van der Waals surface area contributed by atoms with E-state index in [1.54, 1.807) is 20.0 Å². The van der Waals surface area contributed by atoms with Crippen molar-refractivity contribution in [2.45, 2.75) is 71.4 Å². The lowest BCUT2D eigenvalue weighted by Gasteiger charge is -2.22. The maximum absolute atomic E-state index is 10.3. The molecule has 0 amide bonds. The molecule has 1 aliphatic carbocycles. The fourth-order valence-corrected chi connectivity index (χ4v) is 4.97. The van der Waals surface area contributed by atoms with Crippen LogP contribution in [-0.2, 0) is 7.05 Å². The van der Waals surface area contributed by atoms with Crippen molar-refractivity contribution in [1.29, 1.82) is 5.26 Å². The summed E-state index contributed by atoms with van der Waals surface area (Å²) >= 11 is 0. The van der Waals surface area contributed by atoms with Gasteiger partial charge in [0.25, 0.3) is 0 Å². The van der Waals surface area contributed by atoms with Gasteiger partial charge in [0.05, 0.1) is 13.9 Å². The molecule has 3 heteroatoms. The van der Waals surface area contributed by atoms with Crippen LogP contribution < -0.4 is 4.57 Å². The molecular formula is C30H33N2O+. The summed E-state index contributed by atoms with van der Waals surface area (Å²) < 4.78 is 92.0. The van der Waals surface area contributed by atoms with E-state index in [-0.39, 0.29) is 17.0 Å². The van der Waals surface area contributed by atoms with Gasteiger partial charge in [0, 0.05) is 40.7 Å². The summed E-state index contributed by atoms with van der Waals surface area (Å²) in [4.78, 5) is 0. The minimum Gasteiger partial charge on any atom is -0.454 e. The summed E-state index contributed by atoms with van der Waals surface area (Å²) in [7, 11) is 1.59. The van der Waals surface area contributed by atoms with Gasteiger partial charge in [-0.25, -0.2) is 0 Å². The van der Waals surface area contributed by atoms with E-state index < -0.39 is 43.1 Å². The van der Waals surface area contributed by atoms with E-state index in [4.69, 9.17) is 16.8 Å². The number of benzene rings is 2. The van der Waals surface area contributed by atoms with E-state index in [0.717, 1.165) is 19.3 Å². The Morgan fingerprint density at radius 3 is 2.58 bits per heavy atom. The normalized spacial score (nSPS) is 21.4. The molecule has 2 aromatic heterocycles. The fourth-order valence-electron chi connectivity index (χ4n) is 4.97. The molecule has 0 radical (unpaired) electrons. The Kier molecular flexibility index (Phi) is 3.27. The quantitative estimate of drug-likeness (QED) is 0.301. The maximum Gasteiger partial charge on any atom is 0.216 e. The fraction of sp³-hybridized carbons (Fsp3) is 0.400. The molecule has 33 heavy (non-hydrogen) atoms. The molecule has 3 nitrogen and oxygen atoms in total. The first-order chi connectivity index (χ1) is 19.9. The molecule has 2 heterocycles. The molecule has 0 saturated heterocycles. The van der Waals surface area contributed by atoms with Crippen LogP contribution in [0.1, 0.15) is 99.3 Å². The summed E-state index contributed by atoms with van der Waals surface area (Å²) in [6, 6.07) is 8.48. The highest BCUT2D eigenvalue weighted by atomic mass is 16.3. The number of fused-ring (bicyclic) bond motifs is 3. The summed E-state index contributed by atoms with van der Waals surface area (Å²) in [5.41, 5.74) is 2.05. The van der Waals surface area contributed by atoms with E-state index in [1.165, 1.54) is 11.5 Å². The van der Waals surface area contributed by atoms with Crippen LogP contribution in [0.5, 0.6) is 0 Å². The number of hydrogen-bond acceptors (Lipinski definition) is 2. The number of pyridine rings is 1. The Labute approximate surface area is 210 Å². The van der Waals surface area contributed by atoms with E-state index in [2.05, 4.69) is 6.07 Å². The van der Waals surface area contributed by atoms with Gasteiger partial charge in [0.2, 0.25) is 5.69 Å². The molecule has 2 aromatic carbocycles. The Morgan fingerprint density at radius 2 is 1.85 bits per heavy atom. The van der Waals surface area contributed by atoms with Crippen molar-refractivity contribution in [1.82, 2.24) is 0 Å². The highest BCUT2D eigenvalue weighted by Crippen LogP contribution is 2.42. The van der Waals surface area contributed by atoms with Crippen molar-refractivity contribution < 1.29 is 22.7 Å². The standard InChI is InChI=1S/C30H33N2O/c1-18(2)22-15-20(4)32(5)27(16-22)28-19(3)11-12-25-24-14-13-23(21-9-7-6-8-10-21)26(17-31)29(24)33-30(25)28/h11-16,18,21H,6-10H2,1-5H3/q+1/i1D3,2D3,15D,16D,18D,21D. The van der Waals surface area contributed by atoms with Crippen LogP contribution >= 0.6 is 0 Å². The SMILES string of the molecule is [2H]c1c(C([2H])(C([2H])([2H])[2H])C([2H])([2H])[2H])c([2H])c(-c2c(C)ccc3c2oc2c(C#N)c(C4([2H])CCCCC4)ccc23)[n+](C)c1C. The minimum atomic E-state index is -3.38. The predicted molar refractivity (Wildman–Crippen MR) is 134 cm³/mol. The molecule has 0 atom stereocenters. The number of aryl methyl sites for hydroxylation is 1. The molecule has 0 aliphatic heterocycles. The Hall–Kier alpha value is -3.12. The van der Waals surface area contributed by atoms with Crippen LogP contribution in [0.2, 0.25) is 0 Å². The number of rotatable bonds is 3. The molecule has 0 bridgehead atoms. The average Bonchev–Trinajstić information content (AvgIpc) is 3.30. The molecule has 0 N–H and O–H groups in total. The third kappa shape index (κ3) is 3.53. The molecule has 1 fully saturated rings. The van der Waals surface area contributed by atoms with E-state index in [0.29, 0.717) is 51.5 Å². The van der Waals surface area contributed by atoms with Crippen LogP contribution in [0.15, 0.2) is 40.8 Å². The van der Waals surface area contributed by atoms with Crippen LogP contribution in [-0.4, -0.2) is 0 Å². The van der Waals surface area contributed by atoms with Gasteiger partial charge in [-0.05, 0) is 48.2 Å². The van der Waals surface area contributed by atoms with E-state index in [1.807, 2.05) is 18.2 Å². The van der Waals surface area contributed by atoms with Crippen molar-refractivity contribution in [2.75, 3.05) is 0 Å². The van der Waals surface area contributed by atoms with Gasteiger partial charge >= 0.3 is 0 Å². The summed E-state index contributed by atoms with van der Waals surface area (Å²) in [6.07, 6.45) is 4.12. The van der Waals surface area contributed by atoms with Crippen LogP contribution in [0.4, 0.5) is 0 Å². The molecule has 4 aromatic rings. The molecular weight excluding hydrogens is 404 g/mol. The second-order valence-corrected chi connectivity index (χ2v) is 8.87. The minimum absolute atomic E-state index is 0.0961. The maximum atomic E-state index is 10.3. The second-order valence-electron chi connectivity index (χ2n) is 8.87. The third-order valence-corrected chi connectivity index (χ3v) is 6.84. The Bertz CT molecular complexity index is 1810. The van der Waals surface area contributed by atoms with Crippen LogP contribution in [0, 0.1) is 25.2 Å². The molecule has 1 saturated carbocycles. The second kappa shape index (κ2) is 8.34. The average molecular weight is 448 g/mol. The predicted octanol–water partition coefficient (Wildman–Crippen LogP) is 7.74. The lowest BCUT2D eigenvalue weighted by atomic mass is 9.82. The summed E-state index contributed by atoms with van der Waals surface area (Å²) in [6.45, 7) is -3.47. The highest BCUT2D eigenvalue weighted by Gasteiger charge is 2.26. The van der Waals surface area contributed by atoms with Crippen molar-refractivity contribution in [2.24, 2.45) is 7.05 Å². The number of nitrogens with zero attached hydrogens (tertiary/aromatic N) is 2. The topological polar surface area (TPSA) is 40.8 Å². The first kappa shape index (κ1) is 12.9. The molecule has 5 rings (SSSR count). The lowest BCUT2D eigenvalue weighted by molar-refractivity contribution is -0.666. The van der Waals surface area contributed by atoms with E-state index in [9.17, 15) is 6.63 Å². The first-order valence-corrected chi connectivity index (χ1v) is 11.3. The van der Waals surface area contributed by atoms with Gasteiger partial charge in [-0.2, -0.15) is 9.83 Å². The van der Waals surface area contributed by atoms with Crippen LogP contribution in [0.25, 0.3) is 33.2 Å². The zero-order chi connectivity index (χ0) is 31.9. The lowest BCUT2D eigenvalue weighted by Crippen LogP contribution is -2.35. The Balaban J connectivity index is 1.90. The van der Waals surface area contributed by atoms with E-state index >= 15 is 0 Å². The number of furan rings is 1. The molecule has 0 spiro atoms. The van der Waals surface area contributed by atoms with Crippen LogP contribution in [0.3, 0.4) is 0 Å². The molecule has 1 aliphatic rings. The number of hydrogen-bond donors (Lipinski definition) is 0. The highest BCUT2D eigenvalue weighted by molar-refractivity contribution is 6.11. The largest absolute Gasteiger partial charge is 0.454 e. The van der Waals surface area contributed by atoms with Gasteiger partial charge in [-0.1, -0.05) is 57.2 Å². The summed E-state index contributed by atoms with van der Waals surface area (Å²) in [5.74, 6) is -4.16. The number of nitriles is 1. The van der Waals surface area contributed by atoms with Gasteiger partial charge in [-0.15, -0.1) is 0 Å².